The number of aliphatic carboxylic acids is 1. The first kappa shape index (κ1) is 38.3. The predicted molar refractivity (Wildman–Crippen MR) is 142 cm³/mol. The summed E-state index contributed by atoms with van der Waals surface area (Å²) >= 11 is 0. The Balaban J connectivity index is 1.95. The van der Waals surface area contributed by atoms with Gasteiger partial charge in [-0.25, -0.2) is 4.79 Å². The minimum absolute atomic E-state index is 0.692. The molecule has 3 fully saturated rings. The Morgan fingerprint density at radius 3 is 1.96 bits per heavy atom. The van der Waals surface area contributed by atoms with Gasteiger partial charge in [0.15, 0.2) is 12.6 Å². The van der Waals surface area contributed by atoms with Crippen LogP contribution in [0.2, 0.25) is 0 Å². The number of aliphatic hydroxyl groups is 10. The third-order valence-electron chi connectivity index (χ3n) is 7.87. The second kappa shape index (κ2) is 15.8. The van der Waals surface area contributed by atoms with Gasteiger partial charge in [-0.05, 0) is 0 Å². The first-order valence-electron chi connectivity index (χ1n) is 14.2. The van der Waals surface area contributed by atoms with E-state index >= 15 is 0 Å². The van der Waals surface area contributed by atoms with Crippen LogP contribution in [0.4, 0.5) is 0 Å². The maximum absolute atomic E-state index is 12.6. The molecule has 13 N–H and O–H groups in total. The van der Waals surface area contributed by atoms with Gasteiger partial charge in [-0.15, -0.1) is 0 Å². The summed E-state index contributed by atoms with van der Waals surface area (Å²) in [4.78, 5) is 36.0. The lowest BCUT2D eigenvalue weighted by Gasteiger charge is -2.50. The van der Waals surface area contributed by atoms with Gasteiger partial charge in [0.2, 0.25) is 11.8 Å². The minimum atomic E-state index is -3.04. The molecular weight excluding hydrogens is 632 g/mol. The molecule has 3 rings (SSSR count). The van der Waals surface area contributed by atoms with E-state index in [4.69, 9.17) is 23.7 Å². The Bertz CT molecular complexity index is 1050. The highest BCUT2D eigenvalue weighted by molar-refractivity contribution is 5.76. The maximum Gasteiger partial charge on any atom is 0.364 e. The number of rotatable bonds is 12. The van der Waals surface area contributed by atoms with E-state index in [9.17, 15) is 70.6 Å². The Morgan fingerprint density at radius 2 is 1.43 bits per heavy atom. The molecule has 3 saturated heterocycles. The second-order valence-corrected chi connectivity index (χ2v) is 11.2. The fourth-order valence-electron chi connectivity index (χ4n) is 5.57. The van der Waals surface area contributed by atoms with Crippen LogP contribution in [0.25, 0.3) is 0 Å². The molecule has 2 amide bonds. The van der Waals surface area contributed by atoms with Crippen molar-refractivity contribution in [2.24, 2.45) is 0 Å². The Labute approximate surface area is 260 Å². The predicted octanol–water partition coefficient (Wildman–Crippen LogP) is -8.08. The van der Waals surface area contributed by atoms with E-state index in [1.165, 1.54) is 0 Å². The van der Waals surface area contributed by atoms with E-state index in [-0.39, 0.29) is 0 Å². The average molecular weight is 675 g/mol. The van der Waals surface area contributed by atoms with Gasteiger partial charge in [0.25, 0.3) is 5.79 Å². The number of carboxylic acid groups (broad SMARTS) is 1. The fourth-order valence-corrected chi connectivity index (χ4v) is 5.57. The SMILES string of the molecule is CC(=O)N[C@@H]1[C@@H](O)[C@H](O[C@@H]2O[C@H](CO)[C@H](O)[C@H](O[C@@]3(C(=O)O)C[C@H](O)[C@@H](NC(C)=O)[C@H]([C@H](O)[C@H](O)CO)O3)[C@H]2O)[C@@H](CO)O[C@H]1O. The van der Waals surface area contributed by atoms with Crippen molar-refractivity contribution in [2.45, 2.75) is 118 Å². The monoisotopic (exact) mass is 674 g/mol. The van der Waals surface area contributed by atoms with Crippen molar-refractivity contribution >= 4 is 17.8 Å². The molecule has 21 nitrogen and oxygen atoms in total. The van der Waals surface area contributed by atoms with Gasteiger partial charge in [0.1, 0.15) is 67.1 Å². The molecule has 266 valence electrons. The van der Waals surface area contributed by atoms with Crippen molar-refractivity contribution in [3.05, 3.63) is 0 Å². The molecule has 0 radical (unpaired) electrons. The lowest BCUT2D eigenvalue weighted by molar-refractivity contribution is -0.382. The lowest BCUT2D eigenvalue weighted by atomic mass is 9.88. The van der Waals surface area contributed by atoms with Crippen LogP contribution in [0.5, 0.6) is 0 Å². The Hall–Kier alpha value is -2.19. The molecule has 16 atom stereocenters. The van der Waals surface area contributed by atoms with Gasteiger partial charge >= 0.3 is 5.97 Å². The van der Waals surface area contributed by atoms with Crippen molar-refractivity contribution in [3.8, 4) is 0 Å². The van der Waals surface area contributed by atoms with Crippen LogP contribution < -0.4 is 10.6 Å². The number of carboxylic acids is 1. The summed E-state index contributed by atoms with van der Waals surface area (Å²) in [5.41, 5.74) is 0. The molecule has 0 aromatic carbocycles. The Morgan fingerprint density at radius 1 is 0.848 bits per heavy atom. The van der Waals surface area contributed by atoms with Crippen LogP contribution in [0.3, 0.4) is 0 Å². The van der Waals surface area contributed by atoms with Gasteiger partial charge in [-0.3, -0.25) is 9.59 Å². The number of hydrogen-bond acceptors (Lipinski definition) is 18. The van der Waals surface area contributed by atoms with Crippen molar-refractivity contribution in [1.29, 1.82) is 0 Å². The van der Waals surface area contributed by atoms with E-state index < -0.39 is 142 Å². The maximum atomic E-state index is 12.6. The van der Waals surface area contributed by atoms with Crippen LogP contribution in [-0.4, -0.2) is 191 Å². The molecule has 0 aliphatic carbocycles. The van der Waals surface area contributed by atoms with Gasteiger partial charge in [0, 0.05) is 20.3 Å². The first-order chi connectivity index (χ1) is 21.5. The van der Waals surface area contributed by atoms with Gasteiger partial charge in [-0.1, -0.05) is 0 Å². The number of carbonyl (C=O) groups excluding carboxylic acids is 2. The number of aliphatic hydroxyl groups excluding tert-OH is 10. The lowest BCUT2D eigenvalue weighted by Crippen LogP contribution is -2.71. The number of hydrogen-bond donors (Lipinski definition) is 13. The molecule has 46 heavy (non-hydrogen) atoms. The Kier molecular flexibility index (Phi) is 13.1. The van der Waals surface area contributed by atoms with Crippen LogP contribution in [0, 0.1) is 0 Å². The molecule has 21 heteroatoms. The molecule has 0 aromatic rings. The largest absolute Gasteiger partial charge is 0.477 e. The zero-order chi connectivity index (χ0) is 34.7. The smallest absolute Gasteiger partial charge is 0.364 e. The third kappa shape index (κ3) is 8.08. The molecule has 0 aromatic heterocycles. The van der Waals surface area contributed by atoms with Gasteiger partial charge in [-0.2, -0.15) is 0 Å². The highest BCUT2D eigenvalue weighted by Gasteiger charge is 2.60. The van der Waals surface area contributed by atoms with E-state index in [0.29, 0.717) is 0 Å². The molecular formula is C25H42N2O19. The summed E-state index contributed by atoms with van der Waals surface area (Å²) in [6.45, 7) is -0.789. The normalized spacial score (nSPS) is 42.9. The summed E-state index contributed by atoms with van der Waals surface area (Å²) in [7, 11) is 0. The highest BCUT2D eigenvalue weighted by atomic mass is 16.8. The second-order valence-electron chi connectivity index (χ2n) is 11.2. The number of ether oxygens (including phenoxy) is 5. The molecule has 0 spiro atoms. The quantitative estimate of drug-likeness (QED) is 0.0913. The minimum Gasteiger partial charge on any atom is -0.477 e. The van der Waals surface area contributed by atoms with Crippen molar-refractivity contribution in [3.63, 3.8) is 0 Å². The fraction of sp³-hybridized carbons (Fsp3) is 0.880. The summed E-state index contributed by atoms with van der Waals surface area (Å²) in [5, 5.41) is 118. The first-order valence-corrected chi connectivity index (χ1v) is 14.2. The summed E-state index contributed by atoms with van der Waals surface area (Å²) in [6, 6.07) is -3.05. The molecule has 3 aliphatic rings. The molecule has 3 heterocycles. The topological polar surface area (TPSA) is 344 Å². The summed E-state index contributed by atoms with van der Waals surface area (Å²) < 4.78 is 27.4. The van der Waals surface area contributed by atoms with Crippen molar-refractivity contribution < 1.29 is 94.2 Å². The zero-order valence-corrected chi connectivity index (χ0v) is 24.7. The summed E-state index contributed by atoms with van der Waals surface area (Å²) in [6.07, 6.45) is -25.7. The number of carbonyl (C=O) groups is 3. The molecule has 0 bridgehead atoms. The van der Waals surface area contributed by atoms with Gasteiger partial charge < -0.3 is 90.5 Å². The van der Waals surface area contributed by atoms with E-state index in [1.54, 1.807) is 0 Å². The van der Waals surface area contributed by atoms with Crippen LogP contribution >= 0.6 is 0 Å². The summed E-state index contributed by atoms with van der Waals surface area (Å²) in [5.74, 6) is -6.46. The van der Waals surface area contributed by atoms with Crippen LogP contribution in [0.15, 0.2) is 0 Å². The third-order valence-corrected chi connectivity index (χ3v) is 7.87. The number of amides is 2. The average Bonchev–Trinajstić information content (AvgIpc) is 2.99. The molecule has 0 saturated carbocycles. The zero-order valence-electron chi connectivity index (χ0n) is 24.7. The number of nitrogens with one attached hydrogen (secondary N) is 2. The molecule has 3 aliphatic heterocycles. The van der Waals surface area contributed by atoms with Crippen molar-refractivity contribution in [1.82, 2.24) is 10.6 Å². The standard InChI is InChI=1S/C25H42N2O19/c1-7(31)26-13-9(33)3-25(24(40)41,45-20(13)15(35)10(34)4-28)46-21-16(36)11(5-29)43-23(18(21)38)44-19-12(6-30)42-22(39)14(17(19)37)27-8(2)32/h9-23,28-30,33-39H,3-6H2,1-2H3,(H,26,31)(H,27,32)(H,40,41)/t9-,10+,11+,12+,13+,14+,15+,16-,17+,18+,19+,20+,21-,22+,23-,25+/m0/s1. The van der Waals surface area contributed by atoms with Crippen LogP contribution in [0.1, 0.15) is 20.3 Å². The van der Waals surface area contributed by atoms with Crippen molar-refractivity contribution in [2.75, 3.05) is 19.8 Å². The van der Waals surface area contributed by atoms with E-state index in [1.807, 2.05) is 0 Å². The molecule has 0 unspecified atom stereocenters. The van der Waals surface area contributed by atoms with E-state index in [0.717, 1.165) is 13.8 Å². The van der Waals surface area contributed by atoms with Crippen LogP contribution in [-0.2, 0) is 38.1 Å². The highest BCUT2D eigenvalue weighted by Crippen LogP contribution is 2.38. The van der Waals surface area contributed by atoms with E-state index in [2.05, 4.69) is 10.6 Å². The van der Waals surface area contributed by atoms with Gasteiger partial charge in [0.05, 0.1) is 32.0 Å².